The van der Waals surface area contributed by atoms with Crippen molar-refractivity contribution < 1.29 is 14.5 Å². The summed E-state index contributed by atoms with van der Waals surface area (Å²) >= 11 is 0. The van der Waals surface area contributed by atoms with Crippen LogP contribution in [0.4, 0.5) is 0 Å². The van der Waals surface area contributed by atoms with Crippen LogP contribution in [0.15, 0.2) is 52.4 Å². The number of nitrogens with zero attached hydrogens (tertiary/aromatic N) is 3. The molecule has 0 radical (unpaired) electrons. The Kier molecular flexibility index (Phi) is 7.37. The summed E-state index contributed by atoms with van der Waals surface area (Å²) < 4.78 is 0. The second-order valence-electron chi connectivity index (χ2n) is 12.0. The van der Waals surface area contributed by atoms with Crippen molar-refractivity contribution in [3.63, 3.8) is 0 Å². The van der Waals surface area contributed by atoms with Crippen LogP contribution in [0.3, 0.4) is 0 Å². The molecular formula is C31H40N6O3. The predicted octanol–water partition coefficient (Wildman–Crippen LogP) is 4.08. The highest BCUT2D eigenvalue weighted by atomic mass is 16.7. The van der Waals surface area contributed by atoms with Gasteiger partial charge in [0.05, 0.1) is 0 Å². The molecule has 1 aliphatic carbocycles. The molecule has 1 fully saturated rings. The van der Waals surface area contributed by atoms with Gasteiger partial charge in [0.15, 0.2) is 24.1 Å². The standard InChI is InChI=1S/C31H40N6O3/c1-29(32-21-39-35-29)26-8-6-7-25(20-26)28(38)34-31(13-4-3-5-14-31)15-18-37-16-11-23-9-10-27(19-24(23)12-17-37)30(2)33-22-40-36-30/h6-10,19-22,35-36H,3-5,11-18H2,1-2H3,(H,34,38). The third-order valence-electron chi connectivity index (χ3n) is 9.19. The maximum absolute atomic E-state index is 13.6. The topological polar surface area (TPSA) is 99.6 Å². The Morgan fingerprint density at radius 2 is 1.57 bits per heavy atom. The monoisotopic (exact) mass is 544 g/mol. The normalized spacial score (nSPS) is 27.4. The molecule has 9 nitrogen and oxygen atoms in total. The second kappa shape index (κ2) is 11.0. The van der Waals surface area contributed by atoms with E-state index in [1.807, 2.05) is 38.1 Å². The third kappa shape index (κ3) is 5.50. The van der Waals surface area contributed by atoms with Gasteiger partial charge in [-0.1, -0.05) is 49.6 Å². The largest absolute Gasteiger partial charge is 0.394 e. The van der Waals surface area contributed by atoms with Crippen molar-refractivity contribution in [2.24, 2.45) is 9.98 Å². The minimum Gasteiger partial charge on any atom is -0.394 e. The van der Waals surface area contributed by atoms with E-state index in [4.69, 9.17) is 9.68 Å². The minimum absolute atomic E-state index is 0.00768. The summed E-state index contributed by atoms with van der Waals surface area (Å²) in [5.41, 5.74) is 10.0. The Balaban J connectivity index is 1.11. The predicted molar refractivity (Wildman–Crippen MR) is 155 cm³/mol. The van der Waals surface area contributed by atoms with Crippen LogP contribution in [0.25, 0.3) is 0 Å². The quantitative estimate of drug-likeness (QED) is 0.486. The number of hydrogen-bond acceptors (Lipinski definition) is 8. The molecule has 0 bridgehead atoms. The highest BCUT2D eigenvalue weighted by Gasteiger charge is 2.36. The smallest absolute Gasteiger partial charge is 0.251 e. The molecule has 0 saturated heterocycles. The summed E-state index contributed by atoms with van der Waals surface area (Å²) in [6, 6.07) is 14.4. The van der Waals surface area contributed by atoms with Crippen LogP contribution < -0.4 is 16.3 Å². The molecular weight excluding hydrogens is 504 g/mol. The molecule has 3 heterocycles. The van der Waals surface area contributed by atoms with E-state index in [0.29, 0.717) is 5.56 Å². The molecule has 4 aliphatic rings. The van der Waals surface area contributed by atoms with Gasteiger partial charge in [0, 0.05) is 30.7 Å². The first-order valence-electron chi connectivity index (χ1n) is 14.6. The summed E-state index contributed by atoms with van der Waals surface area (Å²) in [4.78, 5) is 35.3. The van der Waals surface area contributed by atoms with E-state index in [1.165, 1.54) is 30.3 Å². The van der Waals surface area contributed by atoms with E-state index < -0.39 is 11.3 Å². The Morgan fingerprint density at radius 3 is 2.25 bits per heavy atom. The van der Waals surface area contributed by atoms with Gasteiger partial charge in [-0.3, -0.25) is 4.79 Å². The third-order valence-corrected chi connectivity index (χ3v) is 9.19. The van der Waals surface area contributed by atoms with Crippen molar-refractivity contribution in [1.29, 1.82) is 0 Å². The van der Waals surface area contributed by atoms with E-state index in [1.54, 1.807) is 0 Å². The molecule has 0 spiro atoms. The van der Waals surface area contributed by atoms with Gasteiger partial charge in [-0.2, -0.15) is 0 Å². The Bertz CT molecular complexity index is 1310. The Morgan fingerprint density at radius 1 is 0.900 bits per heavy atom. The van der Waals surface area contributed by atoms with Crippen molar-refractivity contribution in [1.82, 2.24) is 21.2 Å². The maximum Gasteiger partial charge on any atom is 0.251 e. The van der Waals surface area contributed by atoms with Gasteiger partial charge < -0.3 is 19.9 Å². The highest BCUT2D eigenvalue weighted by molar-refractivity contribution is 5.95. The number of hydroxylamine groups is 2. The van der Waals surface area contributed by atoms with Gasteiger partial charge in [-0.05, 0) is 80.3 Å². The summed E-state index contributed by atoms with van der Waals surface area (Å²) in [5, 5.41) is 3.51. The molecule has 2 unspecified atom stereocenters. The SMILES string of the molecule is CC1(c2cccc(C(=O)NC3(CCN4CCc5ccc(C6(C)N=CON6)cc5CC4)CCCCC3)c2)N=CON1. The van der Waals surface area contributed by atoms with Gasteiger partial charge in [0.1, 0.15) is 0 Å². The molecule has 40 heavy (non-hydrogen) atoms. The lowest BCUT2D eigenvalue weighted by Gasteiger charge is -2.40. The first kappa shape index (κ1) is 26.9. The molecule has 212 valence electrons. The van der Waals surface area contributed by atoms with Gasteiger partial charge in [0.2, 0.25) is 0 Å². The molecule has 2 atom stereocenters. The van der Waals surface area contributed by atoms with Crippen LogP contribution in [-0.2, 0) is 33.8 Å². The fraction of sp³-hybridized carbons (Fsp3) is 0.516. The van der Waals surface area contributed by atoms with Crippen molar-refractivity contribution in [2.45, 2.75) is 82.1 Å². The number of carbonyl (C=O) groups excluding carboxylic acids is 1. The highest BCUT2D eigenvalue weighted by Crippen LogP contribution is 2.33. The van der Waals surface area contributed by atoms with Crippen molar-refractivity contribution in [3.05, 3.63) is 70.3 Å². The first-order chi connectivity index (χ1) is 19.4. The molecule has 3 N–H and O–H groups in total. The minimum atomic E-state index is -0.684. The van der Waals surface area contributed by atoms with E-state index in [9.17, 15) is 4.79 Å². The van der Waals surface area contributed by atoms with E-state index in [-0.39, 0.29) is 11.4 Å². The number of fused-ring (bicyclic) bond motifs is 1. The molecule has 6 rings (SSSR count). The number of nitrogens with one attached hydrogen (secondary N) is 3. The summed E-state index contributed by atoms with van der Waals surface area (Å²) in [5.74, 6) is -0.00768. The van der Waals surface area contributed by atoms with Crippen LogP contribution in [0.5, 0.6) is 0 Å². The van der Waals surface area contributed by atoms with Crippen LogP contribution in [0.2, 0.25) is 0 Å². The number of benzene rings is 2. The summed E-state index contributed by atoms with van der Waals surface area (Å²) in [6.07, 6.45) is 11.5. The van der Waals surface area contributed by atoms with Crippen LogP contribution in [-0.4, -0.2) is 48.8 Å². The number of rotatable bonds is 7. The van der Waals surface area contributed by atoms with Crippen LogP contribution in [0, 0.1) is 0 Å². The van der Waals surface area contributed by atoms with Gasteiger partial charge >= 0.3 is 0 Å². The zero-order chi connectivity index (χ0) is 27.6. The summed E-state index contributed by atoms with van der Waals surface area (Å²) in [7, 11) is 0. The molecule has 0 aromatic heterocycles. The van der Waals surface area contributed by atoms with E-state index in [2.05, 4.69) is 49.4 Å². The van der Waals surface area contributed by atoms with Crippen molar-refractivity contribution in [2.75, 3.05) is 19.6 Å². The lowest BCUT2D eigenvalue weighted by Crippen LogP contribution is -2.51. The molecule has 2 aromatic rings. The van der Waals surface area contributed by atoms with Gasteiger partial charge in [-0.15, -0.1) is 11.0 Å². The number of hydrogen-bond donors (Lipinski definition) is 3. The molecule has 2 aromatic carbocycles. The van der Waals surface area contributed by atoms with Gasteiger partial charge in [-0.25, -0.2) is 9.98 Å². The fourth-order valence-electron chi connectivity index (χ4n) is 6.48. The summed E-state index contributed by atoms with van der Waals surface area (Å²) in [6.45, 7) is 6.99. The van der Waals surface area contributed by atoms with Crippen molar-refractivity contribution in [3.8, 4) is 0 Å². The lowest BCUT2D eigenvalue weighted by atomic mass is 9.79. The average molecular weight is 545 g/mol. The second-order valence-corrected chi connectivity index (χ2v) is 12.0. The number of amides is 1. The van der Waals surface area contributed by atoms with Crippen molar-refractivity contribution >= 4 is 18.7 Å². The molecule has 1 saturated carbocycles. The number of carbonyl (C=O) groups is 1. The maximum atomic E-state index is 13.6. The Hall–Kier alpha value is -3.27. The molecule has 3 aliphatic heterocycles. The fourth-order valence-corrected chi connectivity index (χ4v) is 6.48. The average Bonchev–Trinajstić information content (AvgIpc) is 3.57. The number of aliphatic imine (C=N–C) groups is 2. The first-order valence-corrected chi connectivity index (χ1v) is 14.6. The van der Waals surface area contributed by atoms with Crippen LogP contribution in [0.1, 0.15) is 85.0 Å². The zero-order valence-electron chi connectivity index (χ0n) is 23.5. The lowest BCUT2D eigenvalue weighted by molar-refractivity contribution is 0.0843. The zero-order valence-corrected chi connectivity index (χ0v) is 23.5. The van der Waals surface area contributed by atoms with Crippen LogP contribution >= 0.6 is 0 Å². The Labute approximate surface area is 236 Å². The molecule has 9 heteroatoms. The van der Waals surface area contributed by atoms with E-state index >= 15 is 0 Å². The van der Waals surface area contributed by atoms with E-state index in [0.717, 1.165) is 75.7 Å². The molecule has 1 amide bonds. The van der Waals surface area contributed by atoms with Gasteiger partial charge in [0.25, 0.3) is 5.91 Å².